The number of aryl methyl sites for hydroxylation is 1. The molecule has 0 amide bonds. The molecular weight excluding hydrogens is 260 g/mol. The molecule has 2 aliphatic rings. The molecule has 2 saturated heterocycles. The third kappa shape index (κ3) is 3.16. The van der Waals surface area contributed by atoms with E-state index in [1.165, 1.54) is 0 Å². The predicted molar refractivity (Wildman–Crippen MR) is 69.8 cm³/mol. The number of carbonyl (C=O) groups excluding carboxylic acids is 1. The quantitative estimate of drug-likeness (QED) is 0.792. The lowest BCUT2D eigenvalue weighted by molar-refractivity contribution is -0.139. The van der Waals surface area contributed by atoms with Crippen molar-refractivity contribution in [2.24, 2.45) is 0 Å². The standard InChI is InChI=1S/C13H20N4O3/c1-9-14-12(16-20-9)8-17-5-2-3-10(7-17)15-11-4-6-19-13(11)18/h10-11,15H,2-8H2,1H3/t10-,11-/m1/s1. The minimum Gasteiger partial charge on any atom is -0.464 e. The summed E-state index contributed by atoms with van der Waals surface area (Å²) in [6.45, 7) is 4.96. The number of aromatic nitrogens is 2. The van der Waals surface area contributed by atoms with Gasteiger partial charge in [-0.25, -0.2) is 0 Å². The Labute approximate surface area is 117 Å². The summed E-state index contributed by atoms with van der Waals surface area (Å²) in [4.78, 5) is 18.0. The van der Waals surface area contributed by atoms with Gasteiger partial charge >= 0.3 is 5.97 Å². The molecule has 2 atom stereocenters. The fourth-order valence-electron chi connectivity index (χ4n) is 2.87. The maximum atomic E-state index is 11.5. The second-order valence-electron chi connectivity index (χ2n) is 5.48. The van der Waals surface area contributed by atoms with Crippen LogP contribution in [0.4, 0.5) is 0 Å². The van der Waals surface area contributed by atoms with Crippen molar-refractivity contribution in [1.29, 1.82) is 0 Å². The van der Waals surface area contributed by atoms with Gasteiger partial charge in [0.15, 0.2) is 5.82 Å². The van der Waals surface area contributed by atoms with Crippen molar-refractivity contribution in [3.05, 3.63) is 11.7 Å². The van der Waals surface area contributed by atoms with Crippen molar-refractivity contribution in [3.63, 3.8) is 0 Å². The van der Waals surface area contributed by atoms with Gasteiger partial charge in [-0.3, -0.25) is 9.69 Å². The van der Waals surface area contributed by atoms with Crippen molar-refractivity contribution in [2.45, 2.75) is 44.8 Å². The van der Waals surface area contributed by atoms with Crippen molar-refractivity contribution >= 4 is 5.97 Å². The first-order valence-electron chi connectivity index (χ1n) is 7.15. The summed E-state index contributed by atoms with van der Waals surface area (Å²) in [5, 5.41) is 7.34. The van der Waals surface area contributed by atoms with E-state index in [1.54, 1.807) is 6.92 Å². The van der Waals surface area contributed by atoms with E-state index in [-0.39, 0.29) is 12.0 Å². The van der Waals surface area contributed by atoms with Crippen LogP contribution in [0, 0.1) is 6.92 Å². The molecule has 7 nitrogen and oxygen atoms in total. The van der Waals surface area contributed by atoms with Crippen molar-refractivity contribution in [2.75, 3.05) is 19.7 Å². The van der Waals surface area contributed by atoms with Crippen LogP contribution in [-0.4, -0.2) is 52.8 Å². The number of hydrogen-bond acceptors (Lipinski definition) is 7. The molecule has 2 aliphatic heterocycles. The lowest BCUT2D eigenvalue weighted by atomic mass is 10.0. The smallest absolute Gasteiger partial charge is 0.323 e. The van der Waals surface area contributed by atoms with Crippen molar-refractivity contribution in [3.8, 4) is 0 Å². The normalized spacial score (nSPS) is 27.8. The highest BCUT2D eigenvalue weighted by molar-refractivity contribution is 5.77. The maximum Gasteiger partial charge on any atom is 0.323 e. The zero-order valence-electron chi connectivity index (χ0n) is 11.7. The van der Waals surface area contributed by atoms with Gasteiger partial charge in [0.2, 0.25) is 5.89 Å². The largest absolute Gasteiger partial charge is 0.464 e. The van der Waals surface area contributed by atoms with E-state index in [0.717, 1.165) is 38.2 Å². The lowest BCUT2D eigenvalue weighted by Gasteiger charge is -2.33. The number of likely N-dealkylation sites (tertiary alicyclic amines) is 1. The summed E-state index contributed by atoms with van der Waals surface area (Å²) < 4.78 is 9.97. The number of rotatable bonds is 4. The fraction of sp³-hybridized carbons (Fsp3) is 0.769. The Hall–Kier alpha value is -1.47. The molecule has 2 fully saturated rings. The van der Waals surface area contributed by atoms with E-state index in [1.807, 2.05) is 0 Å². The van der Waals surface area contributed by atoms with Gasteiger partial charge < -0.3 is 14.6 Å². The molecule has 0 saturated carbocycles. The number of cyclic esters (lactones) is 1. The van der Waals surface area contributed by atoms with Crippen LogP contribution in [0.15, 0.2) is 4.52 Å². The van der Waals surface area contributed by atoms with Gasteiger partial charge in [-0.15, -0.1) is 0 Å². The van der Waals surface area contributed by atoms with Crippen LogP contribution in [0.25, 0.3) is 0 Å². The van der Waals surface area contributed by atoms with Crippen LogP contribution in [-0.2, 0) is 16.1 Å². The molecule has 1 N–H and O–H groups in total. The van der Waals surface area contributed by atoms with Gasteiger partial charge in [-0.2, -0.15) is 4.98 Å². The topological polar surface area (TPSA) is 80.5 Å². The molecule has 0 aliphatic carbocycles. The third-order valence-corrected chi connectivity index (χ3v) is 3.81. The summed E-state index contributed by atoms with van der Waals surface area (Å²) in [6.07, 6.45) is 2.97. The van der Waals surface area contributed by atoms with Gasteiger partial charge in [-0.1, -0.05) is 5.16 Å². The second kappa shape index (κ2) is 5.88. The lowest BCUT2D eigenvalue weighted by Crippen LogP contribution is -2.50. The molecule has 0 spiro atoms. The molecule has 0 aromatic carbocycles. The number of nitrogens with one attached hydrogen (secondary N) is 1. The third-order valence-electron chi connectivity index (χ3n) is 3.81. The van der Waals surface area contributed by atoms with E-state index < -0.39 is 0 Å². The van der Waals surface area contributed by atoms with E-state index in [0.29, 0.717) is 25.1 Å². The summed E-state index contributed by atoms with van der Waals surface area (Å²) in [5.74, 6) is 1.21. The Kier molecular flexibility index (Phi) is 3.98. The van der Waals surface area contributed by atoms with Crippen LogP contribution >= 0.6 is 0 Å². The molecule has 1 aromatic rings. The van der Waals surface area contributed by atoms with Gasteiger partial charge in [0.1, 0.15) is 6.04 Å². The molecule has 1 aromatic heterocycles. The molecule has 110 valence electrons. The number of nitrogens with zero attached hydrogens (tertiary/aromatic N) is 3. The van der Waals surface area contributed by atoms with E-state index in [2.05, 4.69) is 20.4 Å². The van der Waals surface area contributed by atoms with Crippen LogP contribution < -0.4 is 5.32 Å². The molecule has 20 heavy (non-hydrogen) atoms. The summed E-state index contributed by atoms with van der Waals surface area (Å²) in [7, 11) is 0. The zero-order valence-corrected chi connectivity index (χ0v) is 11.7. The molecule has 7 heteroatoms. The Morgan fingerprint density at radius 2 is 2.35 bits per heavy atom. The summed E-state index contributed by atoms with van der Waals surface area (Å²) >= 11 is 0. The fourth-order valence-corrected chi connectivity index (χ4v) is 2.87. The van der Waals surface area contributed by atoms with Crippen molar-refractivity contribution < 1.29 is 14.1 Å². The van der Waals surface area contributed by atoms with Gasteiger partial charge in [0, 0.05) is 25.9 Å². The summed E-state index contributed by atoms with van der Waals surface area (Å²) in [5.41, 5.74) is 0. The minimum atomic E-state index is -0.132. The Morgan fingerprint density at radius 1 is 1.45 bits per heavy atom. The number of ether oxygens (including phenoxy) is 1. The number of piperidine rings is 1. The molecule has 0 bridgehead atoms. The Morgan fingerprint density at radius 3 is 3.05 bits per heavy atom. The predicted octanol–water partition coefficient (Wildman–Crippen LogP) is 0.248. The number of carbonyl (C=O) groups is 1. The maximum absolute atomic E-state index is 11.5. The molecule has 0 unspecified atom stereocenters. The highest BCUT2D eigenvalue weighted by Crippen LogP contribution is 2.15. The van der Waals surface area contributed by atoms with Crippen molar-refractivity contribution in [1.82, 2.24) is 20.4 Å². The van der Waals surface area contributed by atoms with Crippen LogP contribution in [0.3, 0.4) is 0 Å². The number of hydrogen-bond donors (Lipinski definition) is 1. The SMILES string of the molecule is Cc1nc(CN2CCC[C@@H](N[C@@H]3CCOC3=O)C2)no1. The second-order valence-corrected chi connectivity index (χ2v) is 5.48. The Balaban J connectivity index is 1.52. The first-order valence-corrected chi connectivity index (χ1v) is 7.15. The van der Waals surface area contributed by atoms with E-state index in [4.69, 9.17) is 9.26 Å². The first-order chi connectivity index (χ1) is 9.70. The van der Waals surface area contributed by atoms with Crippen LogP contribution in [0.1, 0.15) is 31.0 Å². The molecule has 3 heterocycles. The van der Waals surface area contributed by atoms with Gasteiger partial charge in [0.05, 0.1) is 13.2 Å². The van der Waals surface area contributed by atoms with E-state index >= 15 is 0 Å². The van der Waals surface area contributed by atoms with Gasteiger partial charge in [0.25, 0.3) is 0 Å². The van der Waals surface area contributed by atoms with Gasteiger partial charge in [-0.05, 0) is 19.4 Å². The number of esters is 1. The zero-order chi connectivity index (χ0) is 13.9. The van der Waals surface area contributed by atoms with E-state index in [9.17, 15) is 4.79 Å². The minimum absolute atomic E-state index is 0.115. The van der Waals surface area contributed by atoms with Crippen LogP contribution in [0.5, 0.6) is 0 Å². The van der Waals surface area contributed by atoms with Crippen LogP contribution in [0.2, 0.25) is 0 Å². The first kappa shape index (κ1) is 13.5. The molecule has 0 radical (unpaired) electrons. The highest BCUT2D eigenvalue weighted by Gasteiger charge is 2.30. The monoisotopic (exact) mass is 280 g/mol. The highest BCUT2D eigenvalue weighted by atomic mass is 16.5. The Bertz CT molecular complexity index is 476. The average molecular weight is 280 g/mol. The molecule has 3 rings (SSSR count). The molecular formula is C13H20N4O3. The summed E-state index contributed by atoms with van der Waals surface area (Å²) in [6, 6.07) is 0.194. The average Bonchev–Trinajstić information content (AvgIpc) is 3.00.